The van der Waals surface area contributed by atoms with Gasteiger partial charge in [0.2, 0.25) is 0 Å². The van der Waals surface area contributed by atoms with Gasteiger partial charge in [-0.3, -0.25) is 0 Å². The Morgan fingerprint density at radius 3 is 2.20 bits per heavy atom. The smallest absolute Gasteiger partial charge is 0.315 e. The van der Waals surface area contributed by atoms with E-state index in [4.69, 9.17) is 4.74 Å². The molecule has 0 aliphatic heterocycles. The molecule has 2 aromatic carbocycles. The Balaban J connectivity index is 1.86. The van der Waals surface area contributed by atoms with E-state index in [1.54, 1.807) is 7.11 Å². The predicted molar refractivity (Wildman–Crippen MR) is 98.2 cm³/mol. The molecule has 0 aliphatic rings. The van der Waals surface area contributed by atoms with Crippen LogP contribution in [-0.4, -0.2) is 24.9 Å². The number of rotatable bonds is 8. The van der Waals surface area contributed by atoms with E-state index in [1.165, 1.54) is 5.56 Å². The molecule has 134 valence electrons. The molecule has 2 rings (SSSR count). The Kier molecular flexibility index (Phi) is 7.44. The van der Waals surface area contributed by atoms with Gasteiger partial charge in [0, 0.05) is 13.7 Å². The summed E-state index contributed by atoms with van der Waals surface area (Å²) in [4.78, 5) is 12.1. The van der Waals surface area contributed by atoms with Crippen molar-refractivity contribution in [3.05, 3.63) is 70.8 Å². The SMILES string of the molecule is CCc1ccc(C(CO)NC(=O)NCc2ccc(COC)cc2)cc1. The first-order valence-corrected chi connectivity index (χ1v) is 8.47. The maximum Gasteiger partial charge on any atom is 0.315 e. The first-order chi connectivity index (χ1) is 12.2. The molecule has 0 bridgehead atoms. The first kappa shape index (κ1) is 19.0. The molecule has 0 radical (unpaired) electrons. The van der Waals surface area contributed by atoms with Crippen LogP contribution in [-0.2, 0) is 24.3 Å². The molecule has 2 aromatic rings. The van der Waals surface area contributed by atoms with E-state index in [0.29, 0.717) is 13.2 Å². The number of amides is 2. The van der Waals surface area contributed by atoms with Gasteiger partial charge in [0.25, 0.3) is 0 Å². The lowest BCUT2D eigenvalue weighted by atomic mass is 10.0. The number of hydrogen-bond acceptors (Lipinski definition) is 3. The van der Waals surface area contributed by atoms with Gasteiger partial charge in [0.05, 0.1) is 19.3 Å². The zero-order chi connectivity index (χ0) is 18.1. The highest BCUT2D eigenvalue weighted by Gasteiger charge is 2.13. The largest absolute Gasteiger partial charge is 0.394 e. The fourth-order valence-corrected chi connectivity index (χ4v) is 2.53. The van der Waals surface area contributed by atoms with Crippen molar-refractivity contribution in [2.24, 2.45) is 0 Å². The third-order valence-electron chi connectivity index (χ3n) is 4.07. The third-order valence-corrected chi connectivity index (χ3v) is 4.07. The van der Waals surface area contributed by atoms with E-state index >= 15 is 0 Å². The lowest BCUT2D eigenvalue weighted by Gasteiger charge is -2.17. The minimum Gasteiger partial charge on any atom is -0.394 e. The number of carbonyl (C=O) groups excluding carboxylic acids is 1. The molecule has 0 aromatic heterocycles. The Morgan fingerprint density at radius 1 is 1.04 bits per heavy atom. The highest BCUT2D eigenvalue weighted by Crippen LogP contribution is 2.14. The van der Waals surface area contributed by atoms with Crippen molar-refractivity contribution >= 4 is 6.03 Å². The van der Waals surface area contributed by atoms with E-state index in [1.807, 2.05) is 48.5 Å². The Bertz CT molecular complexity index is 654. The molecule has 0 spiro atoms. The van der Waals surface area contributed by atoms with E-state index in [9.17, 15) is 9.90 Å². The van der Waals surface area contributed by atoms with Gasteiger partial charge < -0.3 is 20.5 Å². The van der Waals surface area contributed by atoms with Crippen molar-refractivity contribution in [2.45, 2.75) is 32.5 Å². The van der Waals surface area contributed by atoms with Crippen LogP contribution in [0.25, 0.3) is 0 Å². The van der Waals surface area contributed by atoms with Gasteiger partial charge in [-0.2, -0.15) is 0 Å². The third kappa shape index (κ3) is 5.89. The first-order valence-electron chi connectivity index (χ1n) is 8.47. The number of carbonyl (C=O) groups is 1. The standard InChI is InChI=1S/C20H26N2O3/c1-3-15-8-10-18(11-9-15)19(13-23)22-20(24)21-12-16-4-6-17(7-5-16)14-25-2/h4-11,19,23H,3,12-14H2,1-2H3,(H2,21,22,24). The lowest BCUT2D eigenvalue weighted by Crippen LogP contribution is -2.38. The monoisotopic (exact) mass is 342 g/mol. The average Bonchev–Trinajstić information content (AvgIpc) is 2.66. The van der Waals surface area contributed by atoms with Gasteiger partial charge in [0.1, 0.15) is 0 Å². The maximum absolute atomic E-state index is 12.1. The van der Waals surface area contributed by atoms with Crippen LogP contribution in [0.2, 0.25) is 0 Å². The van der Waals surface area contributed by atoms with Crippen LogP contribution < -0.4 is 10.6 Å². The topological polar surface area (TPSA) is 70.6 Å². The molecule has 2 amide bonds. The van der Waals surface area contributed by atoms with Crippen LogP contribution in [0.1, 0.15) is 35.2 Å². The minimum atomic E-state index is -0.421. The van der Waals surface area contributed by atoms with Gasteiger partial charge >= 0.3 is 6.03 Å². The maximum atomic E-state index is 12.1. The van der Waals surface area contributed by atoms with Crippen LogP contribution in [0.3, 0.4) is 0 Å². The van der Waals surface area contributed by atoms with Crippen molar-refractivity contribution in [1.82, 2.24) is 10.6 Å². The van der Waals surface area contributed by atoms with Crippen LogP contribution in [0, 0.1) is 0 Å². The van der Waals surface area contributed by atoms with Crippen LogP contribution >= 0.6 is 0 Å². The number of benzene rings is 2. The van der Waals surface area contributed by atoms with Crippen molar-refractivity contribution < 1.29 is 14.6 Å². The number of nitrogens with one attached hydrogen (secondary N) is 2. The number of aliphatic hydroxyl groups excluding tert-OH is 1. The fraction of sp³-hybridized carbons (Fsp3) is 0.350. The normalized spacial score (nSPS) is 11.8. The van der Waals surface area contributed by atoms with Gasteiger partial charge in [-0.1, -0.05) is 55.5 Å². The molecule has 3 N–H and O–H groups in total. The van der Waals surface area contributed by atoms with E-state index in [2.05, 4.69) is 17.6 Å². The summed E-state index contributed by atoms with van der Waals surface area (Å²) in [6.45, 7) is 2.94. The molecular weight excluding hydrogens is 316 g/mol. The highest BCUT2D eigenvalue weighted by atomic mass is 16.5. The van der Waals surface area contributed by atoms with E-state index in [0.717, 1.165) is 23.1 Å². The number of aliphatic hydroxyl groups is 1. The molecule has 1 unspecified atom stereocenters. The van der Waals surface area contributed by atoms with E-state index < -0.39 is 6.04 Å². The quantitative estimate of drug-likeness (QED) is 0.691. The van der Waals surface area contributed by atoms with Crippen molar-refractivity contribution in [2.75, 3.05) is 13.7 Å². The summed E-state index contributed by atoms with van der Waals surface area (Å²) >= 11 is 0. The number of hydrogen-bond donors (Lipinski definition) is 3. The van der Waals surface area contributed by atoms with Crippen LogP contribution in [0.4, 0.5) is 4.79 Å². The molecular formula is C20H26N2O3. The zero-order valence-electron chi connectivity index (χ0n) is 14.8. The van der Waals surface area contributed by atoms with Crippen LogP contribution in [0.5, 0.6) is 0 Å². The van der Waals surface area contributed by atoms with Gasteiger partial charge in [0.15, 0.2) is 0 Å². The molecule has 0 saturated heterocycles. The summed E-state index contributed by atoms with van der Waals surface area (Å²) in [6, 6.07) is 15.0. The molecule has 0 aliphatic carbocycles. The van der Waals surface area contributed by atoms with Gasteiger partial charge in [-0.25, -0.2) is 4.79 Å². The summed E-state index contributed by atoms with van der Waals surface area (Å²) < 4.78 is 5.08. The van der Waals surface area contributed by atoms with Gasteiger partial charge in [-0.15, -0.1) is 0 Å². The summed E-state index contributed by atoms with van der Waals surface area (Å²) in [6.07, 6.45) is 0.959. The van der Waals surface area contributed by atoms with Crippen LogP contribution in [0.15, 0.2) is 48.5 Å². The Labute approximate surface area is 149 Å². The van der Waals surface area contributed by atoms with Gasteiger partial charge in [-0.05, 0) is 28.7 Å². The summed E-state index contributed by atoms with van der Waals surface area (Å²) in [5, 5.41) is 15.2. The molecule has 1 atom stereocenters. The molecule has 5 heteroatoms. The second-order valence-corrected chi connectivity index (χ2v) is 5.91. The Morgan fingerprint density at radius 2 is 1.64 bits per heavy atom. The minimum absolute atomic E-state index is 0.148. The molecule has 5 nitrogen and oxygen atoms in total. The average molecular weight is 342 g/mol. The molecule has 0 heterocycles. The summed E-state index contributed by atoms with van der Waals surface area (Å²) in [7, 11) is 1.66. The van der Waals surface area contributed by atoms with Crippen molar-refractivity contribution in [3.63, 3.8) is 0 Å². The lowest BCUT2D eigenvalue weighted by molar-refractivity contribution is 0.185. The van der Waals surface area contributed by atoms with Crippen molar-refractivity contribution in [1.29, 1.82) is 0 Å². The molecule has 25 heavy (non-hydrogen) atoms. The predicted octanol–water partition coefficient (Wildman–Crippen LogP) is 2.93. The summed E-state index contributed by atoms with van der Waals surface area (Å²) in [5.74, 6) is 0. The van der Waals surface area contributed by atoms with Crippen molar-refractivity contribution in [3.8, 4) is 0 Å². The number of aryl methyl sites for hydroxylation is 1. The summed E-state index contributed by atoms with van der Waals surface area (Å²) in [5.41, 5.74) is 4.20. The molecule has 0 saturated carbocycles. The number of ether oxygens (including phenoxy) is 1. The Hall–Kier alpha value is -2.37. The number of urea groups is 1. The number of methoxy groups -OCH3 is 1. The fourth-order valence-electron chi connectivity index (χ4n) is 2.53. The second-order valence-electron chi connectivity index (χ2n) is 5.91. The zero-order valence-corrected chi connectivity index (χ0v) is 14.8. The highest BCUT2D eigenvalue weighted by molar-refractivity contribution is 5.74. The molecule has 0 fully saturated rings. The van der Waals surface area contributed by atoms with E-state index in [-0.39, 0.29) is 12.6 Å². The second kappa shape index (κ2) is 9.81.